The zero-order valence-corrected chi connectivity index (χ0v) is 30.0. The van der Waals surface area contributed by atoms with E-state index in [2.05, 4.69) is 21.0 Å². The van der Waals surface area contributed by atoms with Crippen LogP contribution in [0.4, 0.5) is 0 Å². The summed E-state index contributed by atoms with van der Waals surface area (Å²) in [7, 11) is 0. The van der Waals surface area contributed by atoms with E-state index in [0.29, 0.717) is 39.1 Å². The first-order valence-electron chi connectivity index (χ1n) is 19.0. The number of hydrogen-bond donors (Lipinski definition) is 3. The molecule has 278 valence electrons. The summed E-state index contributed by atoms with van der Waals surface area (Å²) in [6, 6.07) is 21.0. The van der Waals surface area contributed by atoms with Crippen LogP contribution in [-0.2, 0) is 38.8 Å². The largest absolute Gasteiger partial charge is 0.371 e. The summed E-state index contributed by atoms with van der Waals surface area (Å²) in [6.45, 7) is 2.36. The van der Waals surface area contributed by atoms with Crippen molar-refractivity contribution in [3.8, 4) is 0 Å². The highest BCUT2D eigenvalue weighted by Gasteiger charge is 2.31. The highest BCUT2D eigenvalue weighted by molar-refractivity contribution is 5.98. The lowest BCUT2D eigenvalue weighted by atomic mass is 9.92. The average molecular weight is 713 g/mol. The highest BCUT2D eigenvalue weighted by atomic mass is 16.5. The third kappa shape index (κ3) is 10.5. The predicted octanol–water partition coefficient (Wildman–Crippen LogP) is 4.53. The van der Waals surface area contributed by atoms with E-state index >= 15 is 0 Å². The molecule has 4 amide bonds. The SMILES string of the molecule is O=C(Cn1nc(C(=O)NCCCN2CCCC2=O)cc1C(=O)N[C@H]1CCCC[C@@H]1OCc1ccccc1)N[C@H]1CCCC[C@@H]1OCc1ccccc1. The van der Waals surface area contributed by atoms with Crippen LogP contribution < -0.4 is 16.0 Å². The number of rotatable bonds is 16. The number of hydrogen-bond acceptors (Lipinski definition) is 7. The molecular formula is C40H52N6O6. The normalized spacial score (nSPS) is 21.8. The van der Waals surface area contributed by atoms with Gasteiger partial charge in [0.05, 0.1) is 37.5 Å². The standard InChI is InChI=1S/C40H52N6O6/c47-37(42-31-17-7-9-19-35(31)51-27-29-13-3-1-4-14-29)26-46-34(25-33(44-46)39(49)41-22-12-24-45-23-11-21-38(45)48)40(50)43-32-18-8-10-20-36(32)52-28-30-15-5-2-6-16-30/h1-6,13-16,25,31-32,35-36H,7-12,17-24,26-28H2,(H,41,49)(H,42,47)(H,43,50)/t31-,32-,35-,36-/m0/s1. The second-order valence-electron chi connectivity index (χ2n) is 14.2. The Bertz CT molecular complexity index is 1630. The molecule has 2 saturated carbocycles. The Hall–Kier alpha value is -4.55. The van der Waals surface area contributed by atoms with Crippen LogP contribution in [0.2, 0.25) is 0 Å². The van der Waals surface area contributed by atoms with E-state index in [-0.39, 0.29) is 54.0 Å². The average Bonchev–Trinajstić information content (AvgIpc) is 3.79. The molecule has 6 rings (SSSR count). The molecule has 0 radical (unpaired) electrons. The molecule has 2 aliphatic carbocycles. The van der Waals surface area contributed by atoms with Gasteiger partial charge in [-0.3, -0.25) is 19.2 Å². The van der Waals surface area contributed by atoms with Gasteiger partial charge in [0.15, 0.2) is 5.69 Å². The lowest BCUT2D eigenvalue weighted by Gasteiger charge is -2.32. The fraction of sp³-hybridized carbons (Fsp3) is 0.525. The molecule has 3 N–H and O–H groups in total. The second kappa shape index (κ2) is 18.8. The molecule has 3 aromatic rings. The van der Waals surface area contributed by atoms with E-state index in [0.717, 1.165) is 75.5 Å². The lowest BCUT2D eigenvalue weighted by molar-refractivity contribution is -0.127. The van der Waals surface area contributed by atoms with Crippen LogP contribution in [0.25, 0.3) is 0 Å². The van der Waals surface area contributed by atoms with Crippen LogP contribution in [0.1, 0.15) is 103 Å². The third-order valence-corrected chi connectivity index (χ3v) is 10.3. The fourth-order valence-corrected chi connectivity index (χ4v) is 7.44. The Balaban J connectivity index is 1.11. The van der Waals surface area contributed by atoms with E-state index in [9.17, 15) is 19.2 Å². The first-order chi connectivity index (χ1) is 25.4. The van der Waals surface area contributed by atoms with Gasteiger partial charge < -0.3 is 30.3 Å². The van der Waals surface area contributed by atoms with Crippen LogP contribution in [0, 0.1) is 0 Å². The van der Waals surface area contributed by atoms with Crippen molar-refractivity contribution in [2.45, 2.75) is 115 Å². The molecule has 4 atom stereocenters. The zero-order chi connectivity index (χ0) is 36.1. The number of nitrogens with zero attached hydrogens (tertiary/aromatic N) is 3. The summed E-state index contributed by atoms with van der Waals surface area (Å²) >= 11 is 0. The van der Waals surface area contributed by atoms with E-state index in [1.54, 1.807) is 0 Å². The van der Waals surface area contributed by atoms with Crippen molar-refractivity contribution in [2.75, 3.05) is 19.6 Å². The van der Waals surface area contributed by atoms with Gasteiger partial charge in [-0.05, 0) is 49.7 Å². The number of nitrogens with one attached hydrogen (secondary N) is 3. The Kier molecular flexibility index (Phi) is 13.5. The number of likely N-dealkylation sites (tertiary alicyclic amines) is 1. The molecule has 12 heteroatoms. The van der Waals surface area contributed by atoms with Gasteiger partial charge in [0.25, 0.3) is 11.8 Å². The van der Waals surface area contributed by atoms with Gasteiger partial charge in [0, 0.05) is 32.1 Å². The Morgan fingerprint density at radius 3 is 1.94 bits per heavy atom. The molecule has 2 heterocycles. The first-order valence-corrected chi connectivity index (χ1v) is 19.0. The van der Waals surface area contributed by atoms with Crippen molar-refractivity contribution in [3.63, 3.8) is 0 Å². The summed E-state index contributed by atoms with van der Waals surface area (Å²) < 4.78 is 13.9. The molecule has 2 aromatic carbocycles. The zero-order valence-electron chi connectivity index (χ0n) is 30.0. The summed E-state index contributed by atoms with van der Waals surface area (Å²) in [6.07, 6.45) is 8.96. The number of ether oxygens (including phenoxy) is 2. The second-order valence-corrected chi connectivity index (χ2v) is 14.2. The van der Waals surface area contributed by atoms with Gasteiger partial charge in [0.1, 0.15) is 12.2 Å². The van der Waals surface area contributed by atoms with Gasteiger partial charge in [-0.15, -0.1) is 0 Å². The van der Waals surface area contributed by atoms with E-state index in [1.807, 2.05) is 65.6 Å². The number of benzene rings is 2. The van der Waals surface area contributed by atoms with Gasteiger partial charge in [-0.1, -0.05) is 86.3 Å². The van der Waals surface area contributed by atoms with E-state index < -0.39 is 11.8 Å². The smallest absolute Gasteiger partial charge is 0.271 e. The quantitative estimate of drug-likeness (QED) is 0.185. The molecule has 12 nitrogen and oxygen atoms in total. The van der Waals surface area contributed by atoms with Crippen molar-refractivity contribution in [1.29, 1.82) is 0 Å². The number of carbonyl (C=O) groups is 4. The van der Waals surface area contributed by atoms with Gasteiger partial charge in [-0.2, -0.15) is 5.10 Å². The minimum Gasteiger partial charge on any atom is -0.371 e. The molecule has 1 aliphatic heterocycles. The Morgan fingerprint density at radius 2 is 1.35 bits per heavy atom. The molecule has 1 saturated heterocycles. The predicted molar refractivity (Wildman–Crippen MR) is 195 cm³/mol. The Morgan fingerprint density at radius 1 is 0.750 bits per heavy atom. The van der Waals surface area contributed by atoms with Gasteiger partial charge in [-0.25, -0.2) is 4.68 Å². The molecule has 0 bridgehead atoms. The van der Waals surface area contributed by atoms with Crippen molar-refractivity contribution < 1.29 is 28.7 Å². The fourth-order valence-electron chi connectivity index (χ4n) is 7.44. The number of amides is 4. The van der Waals surface area contributed by atoms with Crippen molar-refractivity contribution in [3.05, 3.63) is 89.2 Å². The molecule has 52 heavy (non-hydrogen) atoms. The summed E-state index contributed by atoms with van der Waals surface area (Å²) in [5, 5.41) is 13.6. The maximum atomic E-state index is 13.9. The van der Waals surface area contributed by atoms with E-state index in [4.69, 9.17) is 9.47 Å². The molecular weight excluding hydrogens is 660 g/mol. The van der Waals surface area contributed by atoms with Gasteiger partial charge in [0.2, 0.25) is 11.8 Å². The van der Waals surface area contributed by atoms with E-state index in [1.165, 1.54) is 10.7 Å². The molecule has 0 spiro atoms. The minimum absolute atomic E-state index is 0.0532. The number of aromatic nitrogens is 2. The third-order valence-electron chi connectivity index (χ3n) is 10.3. The summed E-state index contributed by atoms with van der Waals surface area (Å²) in [5.41, 5.74) is 2.33. The molecule has 3 fully saturated rings. The first kappa shape index (κ1) is 37.2. The van der Waals surface area contributed by atoms with Crippen LogP contribution in [-0.4, -0.2) is 82.2 Å². The molecule has 3 aliphatic rings. The monoisotopic (exact) mass is 712 g/mol. The van der Waals surface area contributed by atoms with Crippen molar-refractivity contribution in [1.82, 2.24) is 30.6 Å². The highest BCUT2D eigenvalue weighted by Crippen LogP contribution is 2.24. The number of carbonyl (C=O) groups excluding carboxylic acids is 4. The van der Waals surface area contributed by atoms with Crippen LogP contribution in [0.3, 0.4) is 0 Å². The Labute approximate surface area is 306 Å². The molecule has 0 unspecified atom stereocenters. The van der Waals surface area contributed by atoms with Crippen LogP contribution in [0.5, 0.6) is 0 Å². The van der Waals surface area contributed by atoms with Gasteiger partial charge >= 0.3 is 0 Å². The molecule has 1 aromatic heterocycles. The van der Waals surface area contributed by atoms with Crippen molar-refractivity contribution in [2.24, 2.45) is 0 Å². The van der Waals surface area contributed by atoms with Crippen LogP contribution in [0.15, 0.2) is 66.7 Å². The summed E-state index contributed by atoms with van der Waals surface area (Å²) in [4.78, 5) is 54.5. The lowest BCUT2D eigenvalue weighted by Crippen LogP contribution is -2.48. The minimum atomic E-state index is -0.440. The maximum Gasteiger partial charge on any atom is 0.271 e. The van der Waals surface area contributed by atoms with Crippen molar-refractivity contribution >= 4 is 23.6 Å². The van der Waals surface area contributed by atoms with Crippen LogP contribution >= 0.6 is 0 Å². The summed E-state index contributed by atoms with van der Waals surface area (Å²) in [5.74, 6) is -1.01. The maximum absolute atomic E-state index is 13.9. The topological polar surface area (TPSA) is 144 Å².